The molecule has 0 amide bonds. The average Bonchev–Trinajstić information content (AvgIpc) is 3.06. The van der Waals surface area contributed by atoms with Gasteiger partial charge >= 0.3 is 0 Å². The Morgan fingerprint density at radius 2 is 2.11 bits per heavy atom. The Labute approximate surface area is 167 Å². The first-order chi connectivity index (χ1) is 13.1. The van der Waals surface area contributed by atoms with Crippen LogP contribution >= 0.6 is 11.8 Å². The second-order valence-electron chi connectivity index (χ2n) is 6.42. The quantitative estimate of drug-likeness (QED) is 0.447. The number of benzene rings is 1. The first-order valence-corrected chi connectivity index (χ1v) is 10.9. The molecule has 1 heterocycles. The normalized spacial score (nSPS) is 16.5. The van der Waals surface area contributed by atoms with Crippen molar-refractivity contribution in [2.75, 3.05) is 38.9 Å². The number of aliphatic hydroxyl groups is 1. The Morgan fingerprint density at radius 1 is 1.33 bits per heavy atom. The van der Waals surface area contributed by atoms with Crippen LogP contribution in [0, 0.1) is 6.92 Å². The van der Waals surface area contributed by atoms with Crippen LogP contribution in [0.5, 0.6) is 11.5 Å². The fraction of sp³-hybridized carbons (Fsp3) is 0.619. The molecular weight excluding hydrogens is 364 g/mol. The van der Waals surface area contributed by atoms with E-state index in [-0.39, 0.29) is 0 Å². The van der Waals surface area contributed by atoms with Crippen molar-refractivity contribution in [3.63, 3.8) is 0 Å². The molecule has 1 N–H and O–H groups in total. The SMILES string of the molecule is CCOC/C(=C/Cc1c(OC)c(C)c2c(c1OCCSC)C(O)OC2)CC. The van der Waals surface area contributed by atoms with Gasteiger partial charge in [-0.15, -0.1) is 0 Å². The average molecular weight is 397 g/mol. The third-order valence-corrected chi connectivity index (χ3v) is 5.40. The molecule has 0 saturated carbocycles. The van der Waals surface area contributed by atoms with E-state index in [0.29, 0.717) is 38.6 Å². The maximum absolute atomic E-state index is 10.4. The number of fused-ring (bicyclic) bond motifs is 1. The summed E-state index contributed by atoms with van der Waals surface area (Å²) in [6.07, 6.45) is 4.87. The van der Waals surface area contributed by atoms with Crippen LogP contribution in [0.1, 0.15) is 48.8 Å². The van der Waals surface area contributed by atoms with Crippen LogP contribution in [0.3, 0.4) is 0 Å². The van der Waals surface area contributed by atoms with E-state index in [2.05, 4.69) is 13.0 Å². The molecule has 27 heavy (non-hydrogen) atoms. The number of methoxy groups -OCH3 is 1. The van der Waals surface area contributed by atoms with Crippen LogP contribution in [0.4, 0.5) is 0 Å². The summed E-state index contributed by atoms with van der Waals surface area (Å²) in [5.41, 5.74) is 4.93. The first-order valence-electron chi connectivity index (χ1n) is 9.48. The molecule has 0 aromatic heterocycles. The van der Waals surface area contributed by atoms with Crippen molar-refractivity contribution in [1.29, 1.82) is 0 Å². The highest BCUT2D eigenvalue weighted by atomic mass is 32.2. The number of ether oxygens (including phenoxy) is 4. The summed E-state index contributed by atoms with van der Waals surface area (Å²) < 4.78 is 22.9. The molecule has 2 rings (SSSR count). The number of allylic oxidation sites excluding steroid dienone is 1. The van der Waals surface area contributed by atoms with E-state index in [4.69, 9.17) is 18.9 Å². The van der Waals surface area contributed by atoms with E-state index in [0.717, 1.165) is 40.2 Å². The Morgan fingerprint density at radius 3 is 2.74 bits per heavy atom. The Kier molecular flexibility index (Phi) is 8.96. The van der Waals surface area contributed by atoms with Crippen LogP contribution in [-0.4, -0.2) is 44.0 Å². The summed E-state index contributed by atoms with van der Waals surface area (Å²) in [6, 6.07) is 0. The molecule has 0 aliphatic carbocycles. The molecule has 0 spiro atoms. The molecule has 0 radical (unpaired) electrons. The smallest absolute Gasteiger partial charge is 0.185 e. The number of thioether (sulfide) groups is 1. The Bertz CT molecular complexity index is 657. The van der Waals surface area contributed by atoms with Gasteiger partial charge < -0.3 is 24.1 Å². The third kappa shape index (κ3) is 5.19. The van der Waals surface area contributed by atoms with E-state index in [1.165, 1.54) is 5.57 Å². The molecule has 1 aromatic carbocycles. The maximum atomic E-state index is 10.4. The standard InChI is InChI=1S/C21H32O5S/c1-6-15(12-24-7-2)8-9-16-19(23-4)14(3)17-13-26-21(22)18(17)20(16)25-10-11-27-5/h8,21-22H,6-7,9-13H2,1-5H3/b15-8+. The fourth-order valence-electron chi connectivity index (χ4n) is 3.30. The second kappa shape index (κ2) is 11.0. The van der Waals surface area contributed by atoms with E-state index in [9.17, 15) is 5.11 Å². The van der Waals surface area contributed by atoms with Crippen molar-refractivity contribution in [2.24, 2.45) is 0 Å². The van der Waals surface area contributed by atoms with E-state index < -0.39 is 6.29 Å². The minimum atomic E-state index is -0.953. The molecule has 1 unspecified atom stereocenters. The van der Waals surface area contributed by atoms with Gasteiger partial charge in [-0.25, -0.2) is 0 Å². The number of rotatable bonds is 11. The highest BCUT2D eigenvalue weighted by Crippen LogP contribution is 2.46. The van der Waals surface area contributed by atoms with E-state index >= 15 is 0 Å². The minimum Gasteiger partial charge on any atom is -0.496 e. The van der Waals surface area contributed by atoms with Crippen molar-refractivity contribution >= 4 is 11.8 Å². The molecule has 1 aromatic rings. The summed E-state index contributed by atoms with van der Waals surface area (Å²) in [5.74, 6) is 2.39. The van der Waals surface area contributed by atoms with Crippen molar-refractivity contribution < 1.29 is 24.1 Å². The molecule has 1 aliphatic rings. The predicted molar refractivity (Wildman–Crippen MR) is 110 cm³/mol. The summed E-state index contributed by atoms with van der Waals surface area (Å²) in [5, 5.41) is 10.4. The summed E-state index contributed by atoms with van der Waals surface area (Å²) in [7, 11) is 1.68. The second-order valence-corrected chi connectivity index (χ2v) is 7.41. The molecule has 152 valence electrons. The minimum absolute atomic E-state index is 0.373. The summed E-state index contributed by atoms with van der Waals surface area (Å²) in [4.78, 5) is 0. The van der Waals surface area contributed by atoms with Gasteiger partial charge in [0.15, 0.2) is 6.29 Å². The zero-order valence-electron chi connectivity index (χ0n) is 17.1. The molecule has 5 nitrogen and oxygen atoms in total. The van der Waals surface area contributed by atoms with Gasteiger partial charge in [-0.3, -0.25) is 0 Å². The predicted octanol–water partition coefficient (Wildman–Crippen LogP) is 4.18. The van der Waals surface area contributed by atoms with Gasteiger partial charge in [0.1, 0.15) is 11.5 Å². The Hall–Kier alpha value is -1.21. The van der Waals surface area contributed by atoms with Crippen molar-refractivity contribution in [3.8, 4) is 11.5 Å². The highest BCUT2D eigenvalue weighted by molar-refractivity contribution is 7.98. The first kappa shape index (κ1) is 22.1. The van der Waals surface area contributed by atoms with Crippen LogP contribution in [0.15, 0.2) is 11.6 Å². The van der Waals surface area contributed by atoms with Gasteiger partial charge in [-0.05, 0) is 49.6 Å². The molecule has 1 aliphatic heterocycles. The van der Waals surface area contributed by atoms with Gasteiger partial charge in [0.2, 0.25) is 0 Å². The molecule has 6 heteroatoms. The molecule has 1 atom stereocenters. The lowest BCUT2D eigenvalue weighted by molar-refractivity contribution is -0.0927. The fourth-order valence-corrected chi connectivity index (χ4v) is 3.55. The maximum Gasteiger partial charge on any atom is 0.185 e. The van der Waals surface area contributed by atoms with Crippen molar-refractivity contribution in [1.82, 2.24) is 0 Å². The summed E-state index contributed by atoms with van der Waals surface area (Å²) in [6.45, 7) is 8.42. The van der Waals surface area contributed by atoms with Crippen LogP contribution in [-0.2, 0) is 22.5 Å². The lowest BCUT2D eigenvalue weighted by Gasteiger charge is -2.21. The largest absolute Gasteiger partial charge is 0.496 e. The molecule has 0 saturated heterocycles. The van der Waals surface area contributed by atoms with Crippen LogP contribution in [0.25, 0.3) is 0 Å². The lowest BCUT2D eigenvalue weighted by Crippen LogP contribution is -2.10. The van der Waals surface area contributed by atoms with E-state index in [1.54, 1.807) is 18.9 Å². The van der Waals surface area contributed by atoms with Gasteiger partial charge in [-0.1, -0.05) is 13.0 Å². The Balaban J connectivity index is 2.47. The zero-order chi connectivity index (χ0) is 19.8. The van der Waals surface area contributed by atoms with Crippen molar-refractivity contribution in [2.45, 2.75) is 46.5 Å². The molecule has 0 fully saturated rings. The lowest BCUT2D eigenvalue weighted by atomic mass is 9.94. The molecule has 0 bridgehead atoms. The van der Waals surface area contributed by atoms with Crippen LogP contribution < -0.4 is 9.47 Å². The van der Waals surface area contributed by atoms with Crippen molar-refractivity contribution in [3.05, 3.63) is 33.9 Å². The third-order valence-electron chi connectivity index (χ3n) is 4.82. The van der Waals surface area contributed by atoms with Gasteiger partial charge in [0.25, 0.3) is 0 Å². The van der Waals surface area contributed by atoms with E-state index in [1.807, 2.05) is 20.1 Å². The number of aliphatic hydroxyl groups excluding tert-OH is 1. The van der Waals surface area contributed by atoms with Gasteiger partial charge in [-0.2, -0.15) is 11.8 Å². The zero-order valence-corrected chi connectivity index (χ0v) is 17.9. The van der Waals surface area contributed by atoms with Gasteiger partial charge in [0.05, 0.1) is 32.5 Å². The number of hydrogen-bond donors (Lipinski definition) is 1. The monoisotopic (exact) mass is 396 g/mol. The highest BCUT2D eigenvalue weighted by Gasteiger charge is 2.32. The van der Waals surface area contributed by atoms with Gasteiger partial charge in [0, 0.05) is 17.9 Å². The topological polar surface area (TPSA) is 57.2 Å². The summed E-state index contributed by atoms with van der Waals surface area (Å²) >= 11 is 1.73. The van der Waals surface area contributed by atoms with Crippen LogP contribution in [0.2, 0.25) is 0 Å². The molecular formula is C21H32O5S. The number of hydrogen-bond acceptors (Lipinski definition) is 6.